The largest absolute Gasteiger partial charge is 0.469 e. The van der Waals surface area contributed by atoms with Crippen LogP contribution in [0.3, 0.4) is 0 Å². The fraction of sp³-hybridized carbons (Fsp3) is 0.800. The molecule has 1 aliphatic heterocycles. The van der Waals surface area contributed by atoms with Gasteiger partial charge in [-0.05, 0) is 5.41 Å². The highest BCUT2D eigenvalue weighted by atomic mass is 16.6. The Morgan fingerprint density at radius 1 is 1.64 bits per heavy atom. The molecule has 1 heterocycles. The lowest BCUT2D eigenvalue weighted by Gasteiger charge is -2.10. The number of Topliss-reactive ketones (excluding diaryl/α,β-unsaturated/α-hetero) is 1. The molecule has 0 radical (unpaired) electrons. The molecule has 76 valence electrons. The Morgan fingerprint density at radius 2 is 2.36 bits per heavy atom. The third kappa shape index (κ3) is 0.780. The molecule has 0 aromatic rings. The van der Waals surface area contributed by atoms with Crippen molar-refractivity contribution in [3.63, 3.8) is 0 Å². The molecular weight excluding hydrogens is 184 g/mol. The number of methoxy groups -OCH3 is 1. The quantitative estimate of drug-likeness (QED) is 0.466. The number of carbonyl (C=O) groups excluding carboxylic acids is 2. The van der Waals surface area contributed by atoms with Gasteiger partial charge in [-0.3, -0.25) is 9.59 Å². The second kappa shape index (κ2) is 2.19. The number of epoxide rings is 1. The monoisotopic (exact) mass is 196 g/mol. The Morgan fingerprint density at radius 3 is 2.86 bits per heavy atom. The van der Waals surface area contributed by atoms with Crippen molar-refractivity contribution in [3.8, 4) is 0 Å². The van der Waals surface area contributed by atoms with Crippen LogP contribution in [0.4, 0.5) is 0 Å². The molecule has 0 spiro atoms. The zero-order valence-electron chi connectivity index (χ0n) is 8.15. The Kier molecular flexibility index (Phi) is 1.31. The van der Waals surface area contributed by atoms with Crippen molar-refractivity contribution < 1.29 is 19.1 Å². The van der Waals surface area contributed by atoms with Crippen LogP contribution in [0.2, 0.25) is 0 Å². The van der Waals surface area contributed by atoms with Gasteiger partial charge in [0.15, 0.2) is 5.78 Å². The van der Waals surface area contributed by atoms with E-state index in [9.17, 15) is 9.59 Å². The van der Waals surface area contributed by atoms with Gasteiger partial charge in [0.05, 0.1) is 19.6 Å². The number of carbonyl (C=O) groups is 2. The first kappa shape index (κ1) is 8.41. The van der Waals surface area contributed by atoms with E-state index in [1.165, 1.54) is 7.11 Å². The number of ketones is 1. The summed E-state index contributed by atoms with van der Waals surface area (Å²) in [7, 11) is 1.38. The first-order valence-electron chi connectivity index (χ1n) is 4.85. The van der Waals surface area contributed by atoms with Crippen LogP contribution in [0.25, 0.3) is 0 Å². The van der Waals surface area contributed by atoms with Gasteiger partial charge in [-0.15, -0.1) is 0 Å². The van der Waals surface area contributed by atoms with Crippen LogP contribution >= 0.6 is 0 Å². The lowest BCUT2D eigenvalue weighted by Crippen LogP contribution is -2.19. The van der Waals surface area contributed by atoms with Gasteiger partial charge in [-0.1, -0.05) is 6.92 Å². The predicted molar refractivity (Wildman–Crippen MR) is 45.4 cm³/mol. The van der Waals surface area contributed by atoms with E-state index in [2.05, 4.69) is 4.74 Å². The summed E-state index contributed by atoms with van der Waals surface area (Å²) >= 11 is 0. The Balaban J connectivity index is 1.76. The molecule has 14 heavy (non-hydrogen) atoms. The van der Waals surface area contributed by atoms with Gasteiger partial charge in [0.25, 0.3) is 0 Å². The van der Waals surface area contributed by atoms with Crippen molar-refractivity contribution in [1.82, 2.24) is 0 Å². The number of hydrogen-bond acceptors (Lipinski definition) is 4. The molecule has 1 saturated heterocycles. The van der Waals surface area contributed by atoms with Crippen LogP contribution in [0.1, 0.15) is 13.3 Å². The molecule has 0 N–H and O–H groups in total. The summed E-state index contributed by atoms with van der Waals surface area (Å²) in [6, 6.07) is 0. The van der Waals surface area contributed by atoms with Crippen molar-refractivity contribution >= 4 is 11.8 Å². The first-order valence-corrected chi connectivity index (χ1v) is 4.85. The number of rotatable bonds is 2. The Bertz CT molecular complexity index is 337. The average Bonchev–Trinajstić information content (AvgIpc) is 2.97. The fourth-order valence-electron chi connectivity index (χ4n) is 3.08. The van der Waals surface area contributed by atoms with Crippen LogP contribution < -0.4 is 0 Å². The van der Waals surface area contributed by atoms with Crippen molar-refractivity contribution in [2.24, 2.45) is 17.3 Å². The summed E-state index contributed by atoms with van der Waals surface area (Å²) in [5, 5.41) is 0. The molecule has 4 nitrogen and oxygen atoms in total. The Labute approximate surface area is 81.6 Å². The molecule has 5 atom stereocenters. The summed E-state index contributed by atoms with van der Waals surface area (Å²) in [6.07, 6.45) is 0.329. The minimum absolute atomic E-state index is 0.0605. The topological polar surface area (TPSA) is 55.9 Å². The minimum atomic E-state index is -0.230. The van der Waals surface area contributed by atoms with Crippen molar-refractivity contribution in [1.29, 1.82) is 0 Å². The molecule has 4 heteroatoms. The molecule has 0 aromatic carbocycles. The summed E-state index contributed by atoms with van der Waals surface area (Å²) in [5.41, 5.74) is -0.179. The summed E-state index contributed by atoms with van der Waals surface area (Å²) < 4.78 is 9.85. The molecule has 0 amide bonds. The zero-order chi connectivity index (χ0) is 10.1. The number of ether oxygens (including phenoxy) is 2. The normalized spacial score (nSPS) is 52.3. The van der Waals surface area contributed by atoms with Crippen LogP contribution in [0.15, 0.2) is 0 Å². The number of esters is 1. The van der Waals surface area contributed by atoms with E-state index in [0.29, 0.717) is 6.42 Å². The van der Waals surface area contributed by atoms with E-state index < -0.39 is 0 Å². The van der Waals surface area contributed by atoms with E-state index in [1.807, 2.05) is 6.92 Å². The number of hydrogen-bond donors (Lipinski definition) is 0. The van der Waals surface area contributed by atoms with Gasteiger partial charge >= 0.3 is 5.97 Å². The van der Waals surface area contributed by atoms with E-state index >= 15 is 0 Å². The third-order valence-electron chi connectivity index (χ3n) is 3.94. The summed E-state index contributed by atoms with van der Waals surface area (Å²) in [6.45, 7) is 1.98. The standard InChI is InChI=1S/C10H12O4/c1-10(3-4(11)13-2)5-6(10)8-9(14-8)7(5)12/h5-6,8-9H,3H2,1-2H3/t5-,6+,8-,9+,10-/m1/s1. The lowest BCUT2D eigenvalue weighted by atomic mass is 9.94. The van der Waals surface area contributed by atoms with Crippen molar-refractivity contribution in [3.05, 3.63) is 0 Å². The molecule has 0 bridgehead atoms. The van der Waals surface area contributed by atoms with Crippen LogP contribution in [-0.2, 0) is 19.1 Å². The molecule has 3 rings (SSSR count). The van der Waals surface area contributed by atoms with Gasteiger partial charge in [-0.2, -0.15) is 0 Å². The maximum atomic E-state index is 11.6. The van der Waals surface area contributed by atoms with Crippen LogP contribution in [0, 0.1) is 17.3 Å². The maximum absolute atomic E-state index is 11.6. The molecule has 3 fully saturated rings. The van der Waals surface area contributed by atoms with Gasteiger partial charge in [0.1, 0.15) is 6.10 Å². The highest BCUT2D eigenvalue weighted by molar-refractivity contribution is 5.96. The van der Waals surface area contributed by atoms with E-state index in [0.717, 1.165) is 0 Å². The van der Waals surface area contributed by atoms with Crippen molar-refractivity contribution in [2.75, 3.05) is 7.11 Å². The fourth-order valence-corrected chi connectivity index (χ4v) is 3.08. The van der Waals surface area contributed by atoms with Gasteiger partial charge in [-0.25, -0.2) is 0 Å². The summed E-state index contributed by atoms with van der Waals surface area (Å²) in [5.74, 6) is 0.308. The van der Waals surface area contributed by atoms with Crippen molar-refractivity contribution in [2.45, 2.75) is 25.6 Å². The highest BCUT2D eigenvalue weighted by Crippen LogP contribution is 2.72. The third-order valence-corrected chi connectivity index (χ3v) is 3.94. The summed E-state index contributed by atoms with van der Waals surface area (Å²) in [4.78, 5) is 22.7. The average molecular weight is 196 g/mol. The SMILES string of the molecule is COC(=O)C[C@@]1(C)[C@@H]2[C@H]3O[C@H]3C(=O)[C@@H]21. The maximum Gasteiger partial charge on any atom is 0.306 e. The highest BCUT2D eigenvalue weighted by Gasteiger charge is 2.81. The van der Waals surface area contributed by atoms with Gasteiger partial charge in [0, 0.05) is 11.8 Å². The molecular formula is C10H12O4. The zero-order valence-corrected chi connectivity index (χ0v) is 8.15. The van der Waals surface area contributed by atoms with Gasteiger partial charge in [0.2, 0.25) is 0 Å². The smallest absolute Gasteiger partial charge is 0.306 e. The lowest BCUT2D eigenvalue weighted by molar-refractivity contribution is -0.142. The molecule has 0 aromatic heterocycles. The molecule has 2 saturated carbocycles. The first-order chi connectivity index (χ1) is 6.59. The van der Waals surface area contributed by atoms with E-state index in [4.69, 9.17) is 4.74 Å². The molecule has 2 aliphatic carbocycles. The Hall–Kier alpha value is -0.900. The van der Waals surface area contributed by atoms with E-state index in [1.54, 1.807) is 0 Å². The molecule has 0 unspecified atom stereocenters. The second-order valence-corrected chi connectivity index (χ2v) is 4.69. The predicted octanol–water partition coefficient (Wildman–Crippen LogP) is 0.152. The van der Waals surface area contributed by atoms with Crippen LogP contribution in [-0.4, -0.2) is 31.1 Å². The van der Waals surface area contributed by atoms with Crippen LogP contribution in [0.5, 0.6) is 0 Å². The second-order valence-electron chi connectivity index (χ2n) is 4.69. The minimum Gasteiger partial charge on any atom is -0.469 e. The van der Waals surface area contributed by atoms with E-state index in [-0.39, 0.29) is 41.2 Å². The van der Waals surface area contributed by atoms with Gasteiger partial charge < -0.3 is 9.47 Å². The molecule has 3 aliphatic rings. The number of fused-ring (bicyclic) bond motifs is 3.